The topological polar surface area (TPSA) is 42.4 Å². The first-order valence-corrected chi connectivity index (χ1v) is 9.45. The second-order valence-electron chi connectivity index (χ2n) is 6.31. The Labute approximate surface area is 151 Å². The molecule has 25 heavy (non-hydrogen) atoms. The highest BCUT2D eigenvalue weighted by Gasteiger charge is 2.25. The van der Waals surface area contributed by atoms with Gasteiger partial charge in [0.1, 0.15) is 11.1 Å². The van der Waals surface area contributed by atoms with Crippen molar-refractivity contribution in [2.45, 2.75) is 32.4 Å². The Morgan fingerprint density at radius 1 is 1.20 bits per heavy atom. The SMILES string of the molecule is CCC1CCN(Cc2ccc(-c3nc4ccccc4s3)cc2)C(=O)O1. The third-order valence-electron chi connectivity index (χ3n) is 4.57. The van der Waals surface area contributed by atoms with E-state index in [9.17, 15) is 4.79 Å². The fraction of sp³-hybridized carbons (Fsp3) is 0.300. The predicted octanol–water partition coefficient (Wildman–Crippen LogP) is 5.08. The molecular weight excluding hydrogens is 332 g/mol. The third-order valence-corrected chi connectivity index (χ3v) is 5.66. The molecule has 1 aliphatic heterocycles. The summed E-state index contributed by atoms with van der Waals surface area (Å²) in [6.07, 6.45) is 1.67. The second-order valence-corrected chi connectivity index (χ2v) is 7.34. The highest BCUT2D eigenvalue weighted by Crippen LogP contribution is 2.30. The molecule has 1 aromatic heterocycles. The molecule has 1 saturated heterocycles. The molecule has 0 bridgehead atoms. The molecule has 3 aromatic rings. The molecular formula is C20H20N2O2S. The first kappa shape index (κ1) is 16.1. The molecule has 1 aliphatic rings. The van der Waals surface area contributed by atoms with Crippen LogP contribution in [0.15, 0.2) is 48.5 Å². The van der Waals surface area contributed by atoms with Crippen LogP contribution in [0.3, 0.4) is 0 Å². The van der Waals surface area contributed by atoms with Crippen molar-refractivity contribution in [3.05, 3.63) is 54.1 Å². The predicted molar refractivity (Wildman–Crippen MR) is 101 cm³/mol. The maximum Gasteiger partial charge on any atom is 0.410 e. The molecule has 128 valence electrons. The largest absolute Gasteiger partial charge is 0.446 e. The van der Waals surface area contributed by atoms with Gasteiger partial charge in [0.2, 0.25) is 0 Å². The van der Waals surface area contributed by atoms with Gasteiger partial charge in [-0.2, -0.15) is 0 Å². The maximum atomic E-state index is 12.1. The van der Waals surface area contributed by atoms with Crippen molar-refractivity contribution in [3.63, 3.8) is 0 Å². The molecule has 4 nitrogen and oxygen atoms in total. The lowest BCUT2D eigenvalue weighted by atomic mass is 10.1. The summed E-state index contributed by atoms with van der Waals surface area (Å²) in [7, 11) is 0. The number of cyclic esters (lactones) is 1. The number of rotatable bonds is 4. The fourth-order valence-electron chi connectivity index (χ4n) is 3.07. The van der Waals surface area contributed by atoms with E-state index in [0.29, 0.717) is 6.54 Å². The van der Waals surface area contributed by atoms with Crippen molar-refractivity contribution in [1.29, 1.82) is 0 Å². The number of fused-ring (bicyclic) bond motifs is 1. The lowest BCUT2D eigenvalue weighted by Gasteiger charge is -2.31. The van der Waals surface area contributed by atoms with Gasteiger partial charge >= 0.3 is 6.09 Å². The van der Waals surface area contributed by atoms with Gasteiger partial charge in [0.25, 0.3) is 0 Å². The number of ether oxygens (including phenoxy) is 1. The quantitative estimate of drug-likeness (QED) is 0.657. The molecule has 1 unspecified atom stereocenters. The molecule has 5 heteroatoms. The summed E-state index contributed by atoms with van der Waals surface area (Å²) in [5.41, 5.74) is 3.25. The summed E-state index contributed by atoms with van der Waals surface area (Å²) < 4.78 is 6.62. The number of nitrogens with zero attached hydrogens (tertiary/aromatic N) is 2. The molecule has 0 saturated carbocycles. The van der Waals surface area contributed by atoms with Crippen LogP contribution in [0.4, 0.5) is 4.79 Å². The molecule has 1 amide bonds. The minimum atomic E-state index is -0.201. The number of carbonyl (C=O) groups is 1. The summed E-state index contributed by atoms with van der Waals surface area (Å²) in [6.45, 7) is 3.40. The first-order valence-electron chi connectivity index (χ1n) is 8.63. The van der Waals surface area contributed by atoms with Crippen molar-refractivity contribution in [3.8, 4) is 10.6 Å². The molecule has 4 rings (SSSR count). The Kier molecular flexibility index (Phi) is 4.40. The lowest BCUT2D eigenvalue weighted by Crippen LogP contribution is -2.41. The summed E-state index contributed by atoms with van der Waals surface area (Å²) in [4.78, 5) is 18.5. The van der Waals surface area contributed by atoms with E-state index in [4.69, 9.17) is 9.72 Å². The van der Waals surface area contributed by atoms with Gasteiger partial charge < -0.3 is 9.64 Å². The monoisotopic (exact) mass is 352 g/mol. The summed E-state index contributed by atoms with van der Waals surface area (Å²) in [5.74, 6) is 0. The van der Waals surface area contributed by atoms with E-state index in [1.807, 2.05) is 25.1 Å². The van der Waals surface area contributed by atoms with Gasteiger partial charge in [0.15, 0.2) is 0 Å². The van der Waals surface area contributed by atoms with Crippen LogP contribution in [0.5, 0.6) is 0 Å². The molecule has 2 heterocycles. The van der Waals surface area contributed by atoms with Gasteiger partial charge in [-0.15, -0.1) is 11.3 Å². The number of aromatic nitrogens is 1. The molecule has 0 spiro atoms. The molecule has 0 aliphatic carbocycles. The summed E-state index contributed by atoms with van der Waals surface area (Å²) >= 11 is 1.70. The summed E-state index contributed by atoms with van der Waals surface area (Å²) in [5, 5.41) is 1.02. The number of carbonyl (C=O) groups excluding carboxylic acids is 1. The van der Waals surface area contributed by atoms with E-state index in [1.54, 1.807) is 16.2 Å². The normalized spacial score (nSPS) is 17.7. The Morgan fingerprint density at radius 2 is 2.00 bits per heavy atom. The van der Waals surface area contributed by atoms with Crippen LogP contribution in [0, 0.1) is 0 Å². The van der Waals surface area contributed by atoms with Gasteiger partial charge in [-0.1, -0.05) is 43.3 Å². The van der Waals surface area contributed by atoms with Gasteiger partial charge in [0, 0.05) is 25.1 Å². The Hall–Kier alpha value is -2.40. The van der Waals surface area contributed by atoms with Crippen molar-refractivity contribution < 1.29 is 9.53 Å². The van der Waals surface area contributed by atoms with Crippen LogP contribution >= 0.6 is 11.3 Å². The molecule has 2 aromatic carbocycles. The Balaban J connectivity index is 1.47. The number of hydrogen-bond acceptors (Lipinski definition) is 4. The standard InChI is InChI=1S/C20H20N2O2S/c1-2-16-11-12-22(20(23)24-16)13-14-7-9-15(10-8-14)19-21-17-5-3-4-6-18(17)25-19/h3-10,16H,2,11-13H2,1H3. The number of para-hydroxylation sites is 1. The minimum Gasteiger partial charge on any atom is -0.446 e. The van der Waals surface area contributed by atoms with E-state index in [1.165, 1.54) is 4.70 Å². The highest BCUT2D eigenvalue weighted by atomic mass is 32.1. The zero-order valence-electron chi connectivity index (χ0n) is 14.1. The summed E-state index contributed by atoms with van der Waals surface area (Å²) in [6, 6.07) is 16.5. The van der Waals surface area contributed by atoms with Crippen LogP contribution in [-0.4, -0.2) is 28.6 Å². The van der Waals surface area contributed by atoms with Crippen LogP contribution in [0.1, 0.15) is 25.3 Å². The molecule has 0 N–H and O–H groups in total. The molecule has 1 fully saturated rings. The fourth-order valence-corrected chi connectivity index (χ4v) is 4.04. The smallest absolute Gasteiger partial charge is 0.410 e. The second kappa shape index (κ2) is 6.84. The van der Waals surface area contributed by atoms with Crippen molar-refractivity contribution in [2.75, 3.05) is 6.54 Å². The zero-order valence-corrected chi connectivity index (χ0v) is 15.0. The third kappa shape index (κ3) is 3.37. The van der Waals surface area contributed by atoms with Crippen LogP contribution in [-0.2, 0) is 11.3 Å². The number of amides is 1. The average Bonchev–Trinajstić information content (AvgIpc) is 3.08. The molecule has 1 atom stereocenters. The van der Waals surface area contributed by atoms with E-state index >= 15 is 0 Å². The highest BCUT2D eigenvalue weighted by molar-refractivity contribution is 7.21. The molecule has 0 radical (unpaired) electrons. The lowest BCUT2D eigenvalue weighted by molar-refractivity contribution is 0.0211. The average molecular weight is 352 g/mol. The minimum absolute atomic E-state index is 0.0742. The van der Waals surface area contributed by atoms with E-state index in [0.717, 1.165) is 41.0 Å². The van der Waals surface area contributed by atoms with Gasteiger partial charge in [-0.05, 0) is 24.1 Å². The first-order chi connectivity index (χ1) is 12.2. The van der Waals surface area contributed by atoms with Gasteiger partial charge in [-0.3, -0.25) is 0 Å². The van der Waals surface area contributed by atoms with Crippen LogP contribution in [0.25, 0.3) is 20.8 Å². The van der Waals surface area contributed by atoms with Gasteiger partial charge in [-0.25, -0.2) is 9.78 Å². The van der Waals surface area contributed by atoms with E-state index < -0.39 is 0 Å². The van der Waals surface area contributed by atoms with Gasteiger partial charge in [0.05, 0.1) is 10.2 Å². The van der Waals surface area contributed by atoms with Crippen LogP contribution < -0.4 is 0 Å². The van der Waals surface area contributed by atoms with E-state index in [-0.39, 0.29) is 12.2 Å². The number of hydrogen-bond donors (Lipinski definition) is 0. The Morgan fingerprint density at radius 3 is 2.72 bits per heavy atom. The van der Waals surface area contributed by atoms with Crippen molar-refractivity contribution >= 4 is 27.6 Å². The van der Waals surface area contributed by atoms with E-state index in [2.05, 4.69) is 30.3 Å². The van der Waals surface area contributed by atoms with Crippen molar-refractivity contribution in [2.24, 2.45) is 0 Å². The number of benzene rings is 2. The van der Waals surface area contributed by atoms with Crippen molar-refractivity contribution in [1.82, 2.24) is 9.88 Å². The maximum absolute atomic E-state index is 12.1. The zero-order chi connectivity index (χ0) is 17.2. The Bertz CT molecular complexity index is 855. The number of thiazole rings is 1. The van der Waals surface area contributed by atoms with Crippen LogP contribution in [0.2, 0.25) is 0 Å².